The molecule has 2 aromatic rings. The summed E-state index contributed by atoms with van der Waals surface area (Å²) >= 11 is 0. The molecule has 0 aromatic heterocycles. The van der Waals surface area contributed by atoms with Gasteiger partial charge >= 0.3 is 0 Å². The van der Waals surface area contributed by atoms with Crippen LogP contribution in [-0.2, 0) is 23.2 Å². The third-order valence-electron chi connectivity index (χ3n) is 3.11. The average Bonchev–Trinajstić information content (AvgIpc) is 2.49. The SMILES string of the molecule is CN(Cc1ccc(F)cc1)S(=O)(=O)c1cccc(CO)c1. The Hall–Kier alpha value is -1.76. The fourth-order valence-corrected chi connectivity index (χ4v) is 3.15. The number of halogens is 1. The zero-order valence-corrected chi connectivity index (χ0v) is 12.3. The van der Waals surface area contributed by atoms with Gasteiger partial charge in [0.15, 0.2) is 0 Å². The van der Waals surface area contributed by atoms with Crippen LogP contribution in [0.5, 0.6) is 0 Å². The molecule has 0 aliphatic heterocycles. The Morgan fingerprint density at radius 3 is 2.38 bits per heavy atom. The molecule has 0 bridgehead atoms. The van der Waals surface area contributed by atoms with Gasteiger partial charge in [-0.15, -0.1) is 0 Å². The zero-order valence-electron chi connectivity index (χ0n) is 11.5. The minimum absolute atomic E-state index is 0.124. The van der Waals surface area contributed by atoms with Crippen LogP contribution in [-0.4, -0.2) is 24.9 Å². The number of hydrogen-bond donors (Lipinski definition) is 1. The van der Waals surface area contributed by atoms with Crippen molar-refractivity contribution in [3.63, 3.8) is 0 Å². The monoisotopic (exact) mass is 309 g/mol. The highest BCUT2D eigenvalue weighted by Crippen LogP contribution is 2.18. The molecule has 0 saturated carbocycles. The highest BCUT2D eigenvalue weighted by atomic mass is 32.2. The molecule has 0 unspecified atom stereocenters. The van der Waals surface area contributed by atoms with E-state index >= 15 is 0 Å². The molecule has 1 N–H and O–H groups in total. The van der Waals surface area contributed by atoms with Crippen LogP contribution in [0.3, 0.4) is 0 Å². The Bertz CT molecular complexity index is 714. The van der Waals surface area contributed by atoms with E-state index in [1.165, 1.54) is 35.6 Å². The first-order valence-corrected chi connectivity index (χ1v) is 7.78. The molecule has 0 saturated heterocycles. The first-order chi connectivity index (χ1) is 9.93. The summed E-state index contributed by atoms with van der Waals surface area (Å²) in [6.07, 6.45) is 0. The van der Waals surface area contributed by atoms with Crippen molar-refractivity contribution >= 4 is 10.0 Å². The van der Waals surface area contributed by atoms with Gasteiger partial charge in [0.2, 0.25) is 10.0 Å². The Labute approximate surface area is 123 Å². The van der Waals surface area contributed by atoms with Crippen LogP contribution in [0.2, 0.25) is 0 Å². The van der Waals surface area contributed by atoms with Crippen LogP contribution in [0, 0.1) is 5.82 Å². The van der Waals surface area contributed by atoms with Crippen molar-refractivity contribution in [3.05, 3.63) is 65.5 Å². The van der Waals surface area contributed by atoms with Gasteiger partial charge < -0.3 is 5.11 Å². The van der Waals surface area contributed by atoms with Crippen LogP contribution >= 0.6 is 0 Å². The smallest absolute Gasteiger partial charge is 0.243 e. The molecule has 112 valence electrons. The Balaban J connectivity index is 2.23. The number of sulfonamides is 1. The maximum Gasteiger partial charge on any atom is 0.243 e. The number of aliphatic hydroxyl groups is 1. The van der Waals surface area contributed by atoms with Crippen LogP contribution in [0.4, 0.5) is 4.39 Å². The van der Waals surface area contributed by atoms with E-state index in [1.807, 2.05) is 0 Å². The van der Waals surface area contributed by atoms with E-state index in [0.29, 0.717) is 11.1 Å². The Morgan fingerprint density at radius 2 is 1.76 bits per heavy atom. The summed E-state index contributed by atoms with van der Waals surface area (Å²) in [7, 11) is -2.19. The molecule has 0 amide bonds. The van der Waals surface area contributed by atoms with Crippen molar-refractivity contribution < 1.29 is 17.9 Å². The molecular weight excluding hydrogens is 293 g/mol. The number of nitrogens with zero attached hydrogens (tertiary/aromatic N) is 1. The van der Waals surface area contributed by atoms with Gasteiger partial charge in [-0.25, -0.2) is 12.8 Å². The van der Waals surface area contributed by atoms with E-state index in [1.54, 1.807) is 24.3 Å². The fraction of sp³-hybridized carbons (Fsp3) is 0.200. The average molecular weight is 309 g/mol. The number of rotatable bonds is 5. The van der Waals surface area contributed by atoms with Crippen LogP contribution in [0.25, 0.3) is 0 Å². The summed E-state index contributed by atoms with van der Waals surface area (Å²) in [6.45, 7) is -0.0724. The molecule has 6 heteroatoms. The fourth-order valence-electron chi connectivity index (χ4n) is 1.92. The van der Waals surface area contributed by atoms with Crippen molar-refractivity contribution in [1.29, 1.82) is 0 Å². The topological polar surface area (TPSA) is 57.6 Å². The van der Waals surface area contributed by atoms with Gasteiger partial charge in [-0.2, -0.15) is 4.31 Å². The number of hydrogen-bond acceptors (Lipinski definition) is 3. The van der Waals surface area contributed by atoms with Crippen molar-refractivity contribution in [2.45, 2.75) is 18.0 Å². The first-order valence-electron chi connectivity index (χ1n) is 6.34. The van der Waals surface area contributed by atoms with Crippen molar-refractivity contribution in [1.82, 2.24) is 4.31 Å². The standard InChI is InChI=1S/C15H16FNO3S/c1-17(10-12-5-7-14(16)8-6-12)21(19,20)15-4-2-3-13(9-15)11-18/h2-9,18H,10-11H2,1H3. The third kappa shape index (κ3) is 3.66. The molecule has 0 heterocycles. The van der Waals surface area contributed by atoms with E-state index < -0.39 is 10.0 Å². The normalized spacial score (nSPS) is 11.8. The van der Waals surface area contributed by atoms with Crippen molar-refractivity contribution in [2.24, 2.45) is 0 Å². The maximum absolute atomic E-state index is 12.9. The quantitative estimate of drug-likeness (QED) is 0.920. The zero-order chi connectivity index (χ0) is 15.5. The molecule has 0 atom stereocenters. The van der Waals surface area contributed by atoms with Crippen LogP contribution < -0.4 is 0 Å². The second kappa shape index (κ2) is 6.34. The first kappa shape index (κ1) is 15.6. The van der Waals surface area contributed by atoms with Crippen LogP contribution in [0.1, 0.15) is 11.1 Å². The predicted octanol–water partition coefficient (Wildman–Crippen LogP) is 2.14. The van der Waals surface area contributed by atoms with Gasteiger partial charge in [0, 0.05) is 13.6 Å². The summed E-state index contributed by atoms with van der Waals surface area (Å²) in [6, 6.07) is 11.8. The van der Waals surface area contributed by atoms with E-state index in [9.17, 15) is 12.8 Å². The summed E-state index contributed by atoms with van der Waals surface area (Å²) in [4.78, 5) is 0.124. The summed E-state index contributed by atoms with van der Waals surface area (Å²) in [5.41, 5.74) is 1.23. The molecule has 0 spiro atoms. The van der Waals surface area contributed by atoms with Gasteiger partial charge in [-0.1, -0.05) is 24.3 Å². The van der Waals surface area contributed by atoms with E-state index in [-0.39, 0.29) is 23.9 Å². The lowest BCUT2D eigenvalue weighted by atomic mass is 10.2. The highest BCUT2D eigenvalue weighted by Gasteiger charge is 2.21. The molecule has 21 heavy (non-hydrogen) atoms. The predicted molar refractivity (Wildman–Crippen MR) is 77.4 cm³/mol. The molecule has 2 rings (SSSR count). The van der Waals surface area contributed by atoms with Gasteiger partial charge in [-0.05, 0) is 35.4 Å². The lowest BCUT2D eigenvalue weighted by Gasteiger charge is -2.17. The van der Waals surface area contributed by atoms with Crippen molar-refractivity contribution in [2.75, 3.05) is 7.05 Å². The van der Waals surface area contributed by atoms with E-state index in [2.05, 4.69) is 0 Å². The highest BCUT2D eigenvalue weighted by molar-refractivity contribution is 7.89. The van der Waals surface area contributed by atoms with Crippen molar-refractivity contribution in [3.8, 4) is 0 Å². The number of benzene rings is 2. The molecule has 0 aliphatic rings. The van der Waals surface area contributed by atoms with Gasteiger partial charge in [-0.3, -0.25) is 0 Å². The summed E-state index contributed by atoms with van der Waals surface area (Å²) in [5, 5.41) is 9.08. The minimum atomic E-state index is -3.65. The van der Waals surface area contributed by atoms with E-state index in [0.717, 1.165) is 0 Å². The Kier molecular flexibility index (Phi) is 4.72. The second-order valence-corrected chi connectivity index (χ2v) is 6.74. The third-order valence-corrected chi connectivity index (χ3v) is 4.91. The van der Waals surface area contributed by atoms with E-state index in [4.69, 9.17) is 5.11 Å². The maximum atomic E-state index is 12.9. The second-order valence-electron chi connectivity index (χ2n) is 4.69. The lowest BCUT2D eigenvalue weighted by Crippen LogP contribution is -2.26. The van der Waals surface area contributed by atoms with Gasteiger partial charge in [0.1, 0.15) is 5.82 Å². The molecular formula is C15H16FNO3S. The summed E-state index contributed by atoms with van der Waals surface area (Å²) < 4.78 is 38.9. The summed E-state index contributed by atoms with van der Waals surface area (Å²) in [5.74, 6) is -0.361. The molecule has 0 fully saturated rings. The Morgan fingerprint density at radius 1 is 1.10 bits per heavy atom. The van der Waals surface area contributed by atoms with Gasteiger partial charge in [0.25, 0.3) is 0 Å². The molecule has 4 nitrogen and oxygen atoms in total. The minimum Gasteiger partial charge on any atom is -0.392 e. The molecule has 2 aromatic carbocycles. The largest absolute Gasteiger partial charge is 0.392 e. The van der Waals surface area contributed by atoms with Gasteiger partial charge in [0.05, 0.1) is 11.5 Å². The number of aliphatic hydroxyl groups excluding tert-OH is 1. The lowest BCUT2D eigenvalue weighted by molar-refractivity contribution is 0.281. The molecule has 0 radical (unpaired) electrons. The van der Waals surface area contributed by atoms with Crippen LogP contribution in [0.15, 0.2) is 53.4 Å². The molecule has 0 aliphatic carbocycles.